The molecule has 6 heteroatoms. The molecule has 3 heterocycles. The van der Waals surface area contributed by atoms with E-state index in [0.29, 0.717) is 18.7 Å². The fourth-order valence-corrected chi connectivity index (χ4v) is 3.68. The van der Waals surface area contributed by atoms with Crippen LogP contribution in [0.15, 0.2) is 36.8 Å². The standard InChI is InChI=1S/C19H21N3O3/c1-19(2)18(24)17(22-9-3-4-16(22)23)13-10-12(5-6-15(13)25-19)14-11-20-7-8-21-14/h5-8,10-11,17-18,24H,3-4,9H2,1-2H3/t17-,18+/m0/s1. The van der Waals surface area contributed by atoms with Crippen molar-refractivity contribution in [2.45, 2.75) is 44.4 Å². The van der Waals surface area contributed by atoms with E-state index in [1.807, 2.05) is 32.0 Å². The number of fused-ring (bicyclic) bond motifs is 1. The van der Waals surface area contributed by atoms with Crippen LogP contribution < -0.4 is 4.74 Å². The van der Waals surface area contributed by atoms with Crippen molar-refractivity contribution in [2.24, 2.45) is 0 Å². The number of rotatable bonds is 2. The van der Waals surface area contributed by atoms with Crippen LogP contribution in [-0.4, -0.2) is 44.1 Å². The van der Waals surface area contributed by atoms with E-state index in [9.17, 15) is 9.90 Å². The number of aliphatic hydroxyl groups is 1. The maximum absolute atomic E-state index is 12.3. The quantitative estimate of drug-likeness (QED) is 0.909. The van der Waals surface area contributed by atoms with Crippen LogP contribution in [0, 0.1) is 0 Å². The van der Waals surface area contributed by atoms with E-state index < -0.39 is 17.7 Å². The number of nitrogens with zero attached hydrogens (tertiary/aromatic N) is 3. The van der Waals surface area contributed by atoms with E-state index in [1.165, 1.54) is 0 Å². The minimum Gasteiger partial charge on any atom is -0.485 e. The highest BCUT2D eigenvalue weighted by atomic mass is 16.5. The molecule has 0 bridgehead atoms. The monoisotopic (exact) mass is 339 g/mol. The van der Waals surface area contributed by atoms with Crippen molar-refractivity contribution < 1.29 is 14.6 Å². The Morgan fingerprint density at radius 3 is 2.84 bits per heavy atom. The first-order chi connectivity index (χ1) is 12.0. The summed E-state index contributed by atoms with van der Waals surface area (Å²) in [5, 5.41) is 10.9. The average molecular weight is 339 g/mol. The van der Waals surface area contributed by atoms with Crippen LogP contribution in [-0.2, 0) is 4.79 Å². The highest BCUT2D eigenvalue weighted by Gasteiger charge is 2.47. The average Bonchev–Trinajstić information content (AvgIpc) is 3.02. The number of carbonyl (C=O) groups is 1. The largest absolute Gasteiger partial charge is 0.485 e. The summed E-state index contributed by atoms with van der Waals surface area (Å²) in [4.78, 5) is 22.6. The van der Waals surface area contributed by atoms with Gasteiger partial charge in [-0.1, -0.05) is 0 Å². The topological polar surface area (TPSA) is 75.6 Å². The van der Waals surface area contributed by atoms with E-state index in [0.717, 1.165) is 23.2 Å². The molecule has 2 aliphatic heterocycles. The highest BCUT2D eigenvalue weighted by molar-refractivity contribution is 5.79. The van der Waals surface area contributed by atoms with Crippen molar-refractivity contribution in [3.63, 3.8) is 0 Å². The van der Waals surface area contributed by atoms with Crippen LogP contribution in [0.5, 0.6) is 5.75 Å². The van der Waals surface area contributed by atoms with E-state index in [-0.39, 0.29) is 5.91 Å². The molecule has 0 radical (unpaired) electrons. The number of likely N-dealkylation sites (tertiary alicyclic amines) is 1. The molecule has 0 spiro atoms. The van der Waals surface area contributed by atoms with Gasteiger partial charge in [0.15, 0.2) is 0 Å². The number of aliphatic hydroxyl groups excluding tert-OH is 1. The predicted molar refractivity (Wildman–Crippen MR) is 91.9 cm³/mol. The zero-order valence-electron chi connectivity index (χ0n) is 14.3. The molecule has 2 atom stereocenters. The van der Waals surface area contributed by atoms with Crippen molar-refractivity contribution in [2.75, 3.05) is 6.54 Å². The third kappa shape index (κ3) is 2.66. The Labute approximate surface area is 146 Å². The Morgan fingerprint density at radius 2 is 2.16 bits per heavy atom. The molecule has 1 fully saturated rings. The Balaban J connectivity index is 1.83. The zero-order chi connectivity index (χ0) is 17.6. The van der Waals surface area contributed by atoms with E-state index >= 15 is 0 Å². The third-order valence-electron chi connectivity index (χ3n) is 5.02. The Kier molecular flexibility index (Phi) is 3.72. The molecule has 0 unspecified atom stereocenters. The van der Waals surface area contributed by atoms with Gasteiger partial charge in [0.05, 0.1) is 17.9 Å². The fraction of sp³-hybridized carbons (Fsp3) is 0.421. The zero-order valence-corrected chi connectivity index (χ0v) is 14.3. The number of carbonyl (C=O) groups excluding carboxylic acids is 1. The van der Waals surface area contributed by atoms with Crippen LogP contribution in [0.2, 0.25) is 0 Å². The first-order valence-corrected chi connectivity index (χ1v) is 8.54. The second-order valence-corrected chi connectivity index (χ2v) is 7.13. The Hall–Kier alpha value is -2.47. The van der Waals surface area contributed by atoms with Gasteiger partial charge in [-0.25, -0.2) is 0 Å². The van der Waals surface area contributed by atoms with Gasteiger partial charge < -0.3 is 14.7 Å². The number of ether oxygens (including phenoxy) is 1. The summed E-state index contributed by atoms with van der Waals surface area (Å²) in [5.74, 6) is 0.783. The van der Waals surface area contributed by atoms with Crippen LogP contribution in [0.3, 0.4) is 0 Å². The number of benzene rings is 1. The smallest absolute Gasteiger partial charge is 0.223 e. The van der Waals surface area contributed by atoms with Gasteiger partial charge in [-0.05, 0) is 38.5 Å². The summed E-state index contributed by atoms with van der Waals surface area (Å²) >= 11 is 0. The molecule has 1 aromatic carbocycles. The molecular formula is C19H21N3O3. The summed E-state index contributed by atoms with van der Waals surface area (Å²) in [6.07, 6.45) is 5.51. The molecule has 25 heavy (non-hydrogen) atoms. The van der Waals surface area contributed by atoms with Crippen LogP contribution in [0.4, 0.5) is 0 Å². The summed E-state index contributed by atoms with van der Waals surface area (Å²) in [6, 6.07) is 5.36. The minimum atomic E-state index is -0.806. The van der Waals surface area contributed by atoms with Crippen molar-refractivity contribution in [1.82, 2.24) is 14.9 Å². The molecule has 2 aliphatic rings. The molecular weight excluding hydrogens is 318 g/mol. The summed E-state index contributed by atoms with van der Waals surface area (Å²) in [6.45, 7) is 4.36. The van der Waals surface area contributed by atoms with E-state index in [1.54, 1.807) is 23.5 Å². The number of hydrogen-bond acceptors (Lipinski definition) is 5. The second kappa shape index (κ2) is 5.81. The first-order valence-electron chi connectivity index (χ1n) is 8.54. The van der Waals surface area contributed by atoms with Crippen LogP contribution >= 0.6 is 0 Å². The highest BCUT2D eigenvalue weighted by Crippen LogP contribution is 2.45. The predicted octanol–water partition coefficient (Wildman–Crippen LogP) is 2.34. The van der Waals surface area contributed by atoms with Gasteiger partial charge in [0.25, 0.3) is 0 Å². The van der Waals surface area contributed by atoms with E-state index in [4.69, 9.17) is 4.74 Å². The third-order valence-corrected chi connectivity index (χ3v) is 5.02. The van der Waals surface area contributed by atoms with Crippen LogP contribution in [0.1, 0.15) is 38.3 Å². The Bertz CT molecular complexity index is 807. The van der Waals surface area contributed by atoms with Gasteiger partial charge in [0.1, 0.15) is 17.5 Å². The lowest BCUT2D eigenvalue weighted by Gasteiger charge is -2.45. The lowest BCUT2D eigenvalue weighted by molar-refractivity contribution is -0.139. The van der Waals surface area contributed by atoms with Gasteiger partial charge in [-0.2, -0.15) is 0 Å². The lowest BCUT2D eigenvalue weighted by Crippen LogP contribution is -2.53. The maximum atomic E-state index is 12.3. The van der Waals surface area contributed by atoms with Crippen molar-refractivity contribution in [3.8, 4) is 17.0 Å². The van der Waals surface area contributed by atoms with Gasteiger partial charge >= 0.3 is 0 Å². The number of hydrogen-bond donors (Lipinski definition) is 1. The molecule has 1 N–H and O–H groups in total. The molecule has 0 saturated carbocycles. The van der Waals surface area contributed by atoms with Gasteiger partial charge in [0, 0.05) is 36.5 Å². The van der Waals surface area contributed by atoms with E-state index in [2.05, 4.69) is 9.97 Å². The number of aromatic nitrogens is 2. The SMILES string of the molecule is CC1(C)Oc2ccc(-c3cnccn3)cc2[C@H](N2CCCC2=O)[C@H]1O. The van der Waals surface area contributed by atoms with Gasteiger partial charge in [0.2, 0.25) is 5.91 Å². The van der Waals surface area contributed by atoms with Crippen LogP contribution in [0.25, 0.3) is 11.3 Å². The normalized spacial score (nSPS) is 24.8. The summed E-state index contributed by atoms with van der Waals surface area (Å²) in [5.41, 5.74) is 1.69. The summed E-state index contributed by atoms with van der Waals surface area (Å²) < 4.78 is 6.02. The molecule has 4 rings (SSSR count). The van der Waals surface area contributed by atoms with Crippen molar-refractivity contribution in [3.05, 3.63) is 42.4 Å². The molecule has 2 aromatic rings. The van der Waals surface area contributed by atoms with Gasteiger partial charge in [-0.3, -0.25) is 14.8 Å². The van der Waals surface area contributed by atoms with Gasteiger partial charge in [-0.15, -0.1) is 0 Å². The number of amides is 1. The van der Waals surface area contributed by atoms with Crippen molar-refractivity contribution >= 4 is 5.91 Å². The molecule has 1 amide bonds. The second-order valence-electron chi connectivity index (χ2n) is 7.13. The molecule has 1 saturated heterocycles. The summed E-state index contributed by atoms with van der Waals surface area (Å²) in [7, 11) is 0. The van der Waals surface area contributed by atoms with Crippen molar-refractivity contribution in [1.29, 1.82) is 0 Å². The molecule has 1 aromatic heterocycles. The maximum Gasteiger partial charge on any atom is 0.223 e. The lowest BCUT2D eigenvalue weighted by atomic mass is 9.85. The molecule has 0 aliphatic carbocycles. The first kappa shape index (κ1) is 16.0. The minimum absolute atomic E-state index is 0.0811. The fourth-order valence-electron chi connectivity index (χ4n) is 3.68. The Morgan fingerprint density at radius 1 is 1.32 bits per heavy atom. The molecule has 130 valence electrons. The molecule has 6 nitrogen and oxygen atoms in total.